The Bertz CT molecular complexity index is 815. The van der Waals surface area contributed by atoms with Crippen molar-refractivity contribution in [2.75, 3.05) is 20.2 Å². The van der Waals surface area contributed by atoms with Crippen LogP contribution in [0.2, 0.25) is 0 Å². The van der Waals surface area contributed by atoms with Gasteiger partial charge in [-0.2, -0.15) is 4.31 Å². The highest BCUT2D eigenvalue weighted by atomic mass is 32.2. The summed E-state index contributed by atoms with van der Waals surface area (Å²) in [5.74, 6) is -0.0336. The molecule has 1 aromatic carbocycles. The lowest BCUT2D eigenvalue weighted by molar-refractivity contribution is 0.0600. The SMILES string of the molecule is COC(=O)c1ccc(S(=O)(=O)N2CC(Oc3ccccn3)C2)cc1. The molecule has 0 bridgehead atoms. The van der Waals surface area contributed by atoms with E-state index in [0.717, 1.165) is 0 Å². The van der Waals surface area contributed by atoms with Gasteiger partial charge in [-0.15, -0.1) is 0 Å². The Balaban J connectivity index is 1.64. The summed E-state index contributed by atoms with van der Waals surface area (Å²) in [6, 6.07) is 11.0. The van der Waals surface area contributed by atoms with E-state index in [-0.39, 0.29) is 24.1 Å². The average molecular weight is 348 g/mol. The van der Waals surface area contributed by atoms with Gasteiger partial charge >= 0.3 is 5.97 Å². The number of esters is 1. The molecule has 0 saturated carbocycles. The van der Waals surface area contributed by atoms with E-state index >= 15 is 0 Å². The maximum atomic E-state index is 12.5. The zero-order chi connectivity index (χ0) is 17.2. The van der Waals surface area contributed by atoms with Crippen molar-refractivity contribution in [2.45, 2.75) is 11.0 Å². The molecule has 126 valence electrons. The number of ether oxygens (including phenoxy) is 2. The average Bonchev–Trinajstić information content (AvgIpc) is 2.58. The van der Waals surface area contributed by atoms with Crippen molar-refractivity contribution in [3.05, 3.63) is 54.2 Å². The lowest BCUT2D eigenvalue weighted by atomic mass is 10.2. The predicted octanol–water partition coefficient (Wildman–Crippen LogP) is 1.32. The fraction of sp³-hybridized carbons (Fsp3) is 0.250. The number of nitrogens with zero attached hydrogens (tertiary/aromatic N) is 2. The number of pyridine rings is 1. The number of sulfonamides is 1. The number of carbonyl (C=O) groups excluding carboxylic acids is 1. The van der Waals surface area contributed by atoms with Gasteiger partial charge in [-0.05, 0) is 30.3 Å². The molecule has 1 aromatic heterocycles. The molecule has 8 heteroatoms. The second-order valence-corrected chi connectivity index (χ2v) is 7.18. The zero-order valence-corrected chi connectivity index (χ0v) is 13.8. The molecular weight excluding hydrogens is 332 g/mol. The van der Waals surface area contributed by atoms with Gasteiger partial charge in [0.25, 0.3) is 0 Å². The Kier molecular flexibility index (Phi) is 4.50. The third kappa shape index (κ3) is 3.24. The summed E-state index contributed by atoms with van der Waals surface area (Å²) in [6.07, 6.45) is 1.40. The fourth-order valence-electron chi connectivity index (χ4n) is 2.29. The lowest BCUT2D eigenvalue weighted by Gasteiger charge is -2.37. The molecule has 7 nitrogen and oxygen atoms in total. The summed E-state index contributed by atoms with van der Waals surface area (Å²) >= 11 is 0. The maximum Gasteiger partial charge on any atom is 0.337 e. The molecule has 1 saturated heterocycles. The Hall–Kier alpha value is -2.45. The minimum Gasteiger partial charge on any atom is -0.472 e. The van der Waals surface area contributed by atoms with Crippen molar-refractivity contribution in [1.82, 2.24) is 9.29 Å². The van der Waals surface area contributed by atoms with Gasteiger partial charge in [0.1, 0.15) is 6.10 Å². The number of hydrogen-bond donors (Lipinski definition) is 0. The van der Waals surface area contributed by atoms with Crippen molar-refractivity contribution in [3.63, 3.8) is 0 Å². The van der Waals surface area contributed by atoms with Crippen LogP contribution in [-0.4, -0.2) is 50.0 Å². The number of carbonyl (C=O) groups is 1. The second-order valence-electron chi connectivity index (χ2n) is 5.25. The molecular formula is C16H16N2O5S. The van der Waals surface area contributed by atoms with Crippen LogP contribution in [0, 0.1) is 0 Å². The summed E-state index contributed by atoms with van der Waals surface area (Å²) in [7, 11) is -2.32. The number of aromatic nitrogens is 1. The van der Waals surface area contributed by atoms with Crippen molar-refractivity contribution in [1.29, 1.82) is 0 Å². The van der Waals surface area contributed by atoms with Gasteiger partial charge in [-0.25, -0.2) is 18.2 Å². The van der Waals surface area contributed by atoms with Gasteiger partial charge in [-0.3, -0.25) is 0 Å². The molecule has 1 aliphatic rings. The fourth-order valence-corrected chi connectivity index (χ4v) is 3.79. The third-order valence-electron chi connectivity index (χ3n) is 3.65. The number of hydrogen-bond acceptors (Lipinski definition) is 6. The van der Waals surface area contributed by atoms with Gasteiger partial charge in [0.15, 0.2) is 0 Å². The normalized spacial score (nSPS) is 15.5. The van der Waals surface area contributed by atoms with Gasteiger partial charge in [0, 0.05) is 12.3 Å². The van der Waals surface area contributed by atoms with E-state index in [1.165, 1.54) is 35.7 Å². The molecule has 0 atom stereocenters. The smallest absolute Gasteiger partial charge is 0.337 e. The highest BCUT2D eigenvalue weighted by Gasteiger charge is 2.38. The van der Waals surface area contributed by atoms with E-state index in [9.17, 15) is 13.2 Å². The molecule has 2 heterocycles. The molecule has 0 unspecified atom stereocenters. The first-order chi connectivity index (χ1) is 11.5. The van der Waals surface area contributed by atoms with Crippen LogP contribution in [0.4, 0.5) is 0 Å². The first-order valence-electron chi connectivity index (χ1n) is 7.27. The highest BCUT2D eigenvalue weighted by Crippen LogP contribution is 2.24. The van der Waals surface area contributed by atoms with Gasteiger partial charge in [0.05, 0.1) is 30.7 Å². The number of benzene rings is 1. The predicted molar refractivity (Wildman–Crippen MR) is 85.2 cm³/mol. The minimum atomic E-state index is -3.60. The van der Waals surface area contributed by atoms with Crippen molar-refractivity contribution >= 4 is 16.0 Å². The maximum absolute atomic E-state index is 12.5. The summed E-state index contributed by atoms with van der Waals surface area (Å²) in [6.45, 7) is 0.523. The molecule has 2 aromatic rings. The van der Waals surface area contributed by atoms with Gasteiger partial charge < -0.3 is 9.47 Å². The summed E-state index contributed by atoms with van der Waals surface area (Å²) in [4.78, 5) is 15.6. The third-order valence-corrected chi connectivity index (χ3v) is 5.50. The van der Waals surface area contributed by atoms with Gasteiger partial charge in [-0.1, -0.05) is 6.07 Å². The molecule has 0 spiro atoms. The van der Waals surface area contributed by atoms with Crippen LogP contribution in [0.3, 0.4) is 0 Å². The quantitative estimate of drug-likeness (QED) is 0.758. The lowest BCUT2D eigenvalue weighted by Crippen LogP contribution is -2.56. The second kappa shape index (κ2) is 6.58. The first-order valence-corrected chi connectivity index (χ1v) is 8.71. The Morgan fingerprint density at radius 3 is 2.46 bits per heavy atom. The summed E-state index contributed by atoms with van der Waals surface area (Å²) < 4.78 is 36.5. The van der Waals surface area contributed by atoms with E-state index in [1.807, 2.05) is 0 Å². The van der Waals surface area contributed by atoms with E-state index in [0.29, 0.717) is 11.4 Å². The topological polar surface area (TPSA) is 85.8 Å². The van der Waals surface area contributed by atoms with Crippen molar-refractivity contribution < 1.29 is 22.7 Å². The van der Waals surface area contributed by atoms with E-state index in [2.05, 4.69) is 9.72 Å². The molecule has 24 heavy (non-hydrogen) atoms. The Morgan fingerprint density at radius 2 is 1.88 bits per heavy atom. The minimum absolute atomic E-state index is 0.131. The van der Waals surface area contributed by atoms with Crippen LogP contribution in [0.15, 0.2) is 53.6 Å². The molecule has 0 N–H and O–H groups in total. The summed E-state index contributed by atoms with van der Waals surface area (Å²) in [5.41, 5.74) is 0.302. The van der Waals surface area contributed by atoms with Crippen LogP contribution < -0.4 is 4.74 Å². The van der Waals surface area contributed by atoms with E-state index < -0.39 is 16.0 Å². The van der Waals surface area contributed by atoms with Crippen LogP contribution in [0.1, 0.15) is 10.4 Å². The summed E-state index contributed by atoms with van der Waals surface area (Å²) in [5, 5.41) is 0. The molecule has 1 fully saturated rings. The highest BCUT2D eigenvalue weighted by molar-refractivity contribution is 7.89. The molecule has 1 aliphatic heterocycles. The largest absolute Gasteiger partial charge is 0.472 e. The first kappa shape index (κ1) is 16.4. The molecule has 0 amide bonds. The number of rotatable bonds is 5. The van der Waals surface area contributed by atoms with Gasteiger partial charge in [0.2, 0.25) is 15.9 Å². The Morgan fingerprint density at radius 1 is 1.17 bits per heavy atom. The van der Waals surface area contributed by atoms with E-state index in [4.69, 9.17) is 4.74 Å². The Labute approximate surface area is 139 Å². The molecule has 3 rings (SSSR count). The number of methoxy groups -OCH3 is 1. The molecule has 0 radical (unpaired) electrons. The van der Waals surface area contributed by atoms with Crippen LogP contribution in [0.5, 0.6) is 5.88 Å². The molecule has 0 aliphatic carbocycles. The van der Waals surface area contributed by atoms with Crippen molar-refractivity contribution in [3.8, 4) is 5.88 Å². The standard InChI is InChI=1S/C16H16N2O5S/c1-22-16(19)12-5-7-14(8-6-12)24(20,21)18-10-13(11-18)23-15-4-2-3-9-17-15/h2-9,13H,10-11H2,1H3. The monoisotopic (exact) mass is 348 g/mol. The van der Waals surface area contributed by atoms with Crippen LogP contribution >= 0.6 is 0 Å². The van der Waals surface area contributed by atoms with Crippen molar-refractivity contribution in [2.24, 2.45) is 0 Å². The van der Waals surface area contributed by atoms with Crippen LogP contribution in [-0.2, 0) is 14.8 Å². The van der Waals surface area contributed by atoms with E-state index in [1.54, 1.807) is 24.4 Å². The zero-order valence-electron chi connectivity index (χ0n) is 13.0. The van der Waals surface area contributed by atoms with Crippen LogP contribution in [0.25, 0.3) is 0 Å².